The van der Waals surface area contributed by atoms with Gasteiger partial charge >= 0.3 is 0 Å². The van der Waals surface area contributed by atoms with Crippen LogP contribution in [0.4, 0.5) is 0 Å². The Kier molecular flexibility index (Phi) is 6.60. The fourth-order valence-electron chi connectivity index (χ4n) is 2.47. The van der Waals surface area contributed by atoms with Crippen LogP contribution in [0, 0.1) is 5.92 Å². The number of piperidine rings is 1. The number of nitrogens with two attached hydrogens (primary N) is 1. The summed E-state index contributed by atoms with van der Waals surface area (Å²) in [5.74, 6) is 0.818. The monoisotopic (exact) mass is 257 g/mol. The lowest BCUT2D eigenvalue weighted by Crippen LogP contribution is -2.47. The molecule has 1 heterocycles. The Hall–Kier alpha value is -0.650. The zero-order chi connectivity index (χ0) is 13.5. The molecule has 5 nitrogen and oxygen atoms in total. The van der Waals surface area contributed by atoms with Crippen LogP contribution in [-0.2, 0) is 9.53 Å². The molecule has 106 valence electrons. The largest absolute Gasteiger partial charge is 0.384 e. The second-order valence-corrected chi connectivity index (χ2v) is 5.32. The summed E-state index contributed by atoms with van der Waals surface area (Å²) < 4.78 is 5.20. The fourth-order valence-corrected chi connectivity index (χ4v) is 2.47. The molecular weight excluding hydrogens is 230 g/mol. The second-order valence-electron chi connectivity index (χ2n) is 5.32. The predicted molar refractivity (Wildman–Crippen MR) is 72.3 cm³/mol. The molecule has 0 bridgehead atoms. The average molecular weight is 257 g/mol. The standard InChI is InChI=1S/C13H27N3O2/c1-15(2)13(17)8-12(9-14)16-6-4-11(5-7-16)10-18-3/h11-12H,4-10,14H2,1-3H3. The Morgan fingerprint density at radius 2 is 2.06 bits per heavy atom. The maximum Gasteiger partial charge on any atom is 0.223 e. The average Bonchev–Trinajstić information content (AvgIpc) is 2.37. The first kappa shape index (κ1) is 15.4. The molecule has 18 heavy (non-hydrogen) atoms. The molecule has 5 heteroatoms. The molecule has 0 aromatic heterocycles. The molecule has 1 rings (SSSR count). The minimum Gasteiger partial charge on any atom is -0.384 e. The molecule has 0 aromatic carbocycles. The maximum atomic E-state index is 11.7. The van der Waals surface area contributed by atoms with Gasteiger partial charge in [0.15, 0.2) is 0 Å². The van der Waals surface area contributed by atoms with Gasteiger partial charge < -0.3 is 15.4 Å². The Morgan fingerprint density at radius 1 is 1.44 bits per heavy atom. The Morgan fingerprint density at radius 3 is 2.50 bits per heavy atom. The maximum absolute atomic E-state index is 11.7. The molecule has 1 unspecified atom stereocenters. The van der Waals surface area contributed by atoms with E-state index in [9.17, 15) is 4.79 Å². The molecule has 0 spiro atoms. The van der Waals surface area contributed by atoms with E-state index in [-0.39, 0.29) is 11.9 Å². The highest BCUT2D eigenvalue weighted by molar-refractivity contribution is 5.76. The van der Waals surface area contributed by atoms with Gasteiger partial charge in [-0.1, -0.05) is 0 Å². The first-order valence-corrected chi connectivity index (χ1v) is 6.71. The molecule has 1 aliphatic rings. The highest BCUT2D eigenvalue weighted by Gasteiger charge is 2.26. The van der Waals surface area contributed by atoms with Gasteiger partial charge in [0.05, 0.1) is 0 Å². The van der Waals surface area contributed by atoms with Crippen LogP contribution in [0.3, 0.4) is 0 Å². The molecule has 0 saturated carbocycles. The summed E-state index contributed by atoms with van der Waals surface area (Å²) in [5.41, 5.74) is 5.81. The van der Waals surface area contributed by atoms with Gasteiger partial charge in [0.1, 0.15) is 0 Å². The van der Waals surface area contributed by atoms with Crippen LogP contribution in [0.2, 0.25) is 0 Å². The van der Waals surface area contributed by atoms with Crippen LogP contribution in [-0.4, -0.2) is 69.2 Å². The number of carbonyl (C=O) groups excluding carboxylic acids is 1. The molecule has 1 amide bonds. The van der Waals surface area contributed by atoms with Gasteiger partial charge in [-0.05, 0) is 31.8 Å². The predicted octanol–water partition coefficient (Wildman–Crippen LogP) is 0.150. The van der Waals surface area contributed by atoms with Crippen molar-refractivity contribution in [3.63, 3.8) is 0 Å². The van der Waals surface area contributed by atoms with Crippen molar-refractivity contribution in [1.29, 1.82) is 0 Å². The van der Waals surface area contributed by atoms with Gasteiger partial charge in [-0.15, -0.1) is 0 Å². The summed E-state index contributed by atoms with van der Waals surface area (Å²) >= 11 is 0. The molecule has 0 aliphatic carbocycles. The summed E-state index contributed by atoms with van der Waals surface area (Å²) in [4.78, 5) is 15.7. The van der Waals surface area contributed by atoms with Crippen molar-refractivity contribution in [2.24, 2.45) is 11.7 Å². The lowest BCUT2D eigenvalue weighted by molar-refractivity contribution is -0.130. The number of methoxy groups -OCH3 is 1. The Bertz CT molecular complexity index is 251. The summed E-state index contributed by atoms with van der Waals surface area (Å²) in [6, 6.07) is 0.184. The summed E-state index contributed by atoms with van der Waals surface area (Å²) in [5, 5.41) is 0. The lowest BCUT2D eigenvalue weighted by Gasteiger charge is -2.37. The first-order valence-electron chi connectivity index (χ1n) is 6.71. The van der Waals surface area contributed by atoms with E-state index >= 15 is 0 Å². The second kappa shape index (κ2) is 7.71. The van der Waals surface area contributed by atoms with Crippen molar-refractivity contribution in [1.82, 2.24) is 9.80 Å². The number of carbonyl (C=O) groups is 1. The third kappa shape index (κ3) is 4.55. The van der Waals surface area contributed by atoms with Crippen LogP contribution < -0.4 is 5.73 Å². The summed E-state index contributed by atoms with van der Waals surface area (Å²) in [7, 11) is 5.34. The molecule has 1 atom stereocenters. The van der Waals surface area contributed by atoms with Crippen LogP contribution in [0.1, 0.15) is 19.3 Å². The first-order chi connectivity index (χ1) is 8.58. The fraction of sp³-hybridized carbons (Fsp3) is 0.923. The molecule has 1 fully saturated rings. The number of ether oxygens (including phenoxy) is 1. The topological polar surface area (TPSA) is 58.8 Å². The quantitative estimate of drug-likeness (QED) is 0.736. The van der Waals surface area contributed by atoms with E-state index in [1.807, 2.05) is 0 Å². The van der Waals surface area contributed by atoms with E-state index in [2.05, 4.69) is 4.90 Å². The zero-order valence-corrected chi connectivity index (χ0v) is 11.9. The lowest BCUT2D eigenvalue weighted by atomic mass is 9.96. The van der Waals surface area contributed by atoms with Crippen molar-refractivity contribution >= 4 is 5.91 Å². The van der Waals surface area contributed by atoms with Crippen molar-refractivity contribution < 1.29 is 9.53 Å². The SMILES string of the molecule is COCC1CCN(C(CN)CC(=O)N(C)C)CC1. The van der Waals surface area contributed by atoms with E-state index in [1.165, 1.54) is 0 Å². The Balaban J connectivity index is 2.40. The third-order valence-corrected chi connectivity index (χ3v) is 3.75. The highest BCUT2D eigenvalue weighted by Crippen LogP contribution is 2.20. The molecule has 1 saturated heterocycles. The van der Waals surface area contributed by atoms with E-state index in [0.717, 1.165) is 32.5 Å². The minimum atomic E-state index is 0.157. The number of likely N-dealkylation sites (tertiary alicyclic amines) is 1. The van der Waals surface area contributed by atoms with Gasteiger partial charge in [0, 0.05) is 46.8 Å². The Labute approximate surface area is 110 Å². The number of amides is 1. The van der Waals surface area contributed by atoms with E-state index < -0.39 is 0 Å². The summed E-state index contributed by atoms with van der Waals surface area (Å²) in [6.45, 7) is 3.44. The zero-order valence-electron chi connectivity index (χ0n) is 11.9. The van der Waals surface area contributed by atoms with Crippen LogP contribution in [0.25, 0.3) is 0 Å². The molecule has 0 aromatic rings. The van der Waals surface area contributed by atoms with Crippen LogP contribution >= 0.6 is 0 Å². The van der Waals surface area contributed by atoms with Crippen molar-refractivity contribution in [3.05, 3.63) is 0 Å². The van der Waals surface area contributed by atoms with E-state index in [0.29, 0.717) is 18.9 Å². The smallest absolute Gasteiger partial charge is 0.223 e. The molecule has 0 radical (unpaired) electrons. The molecule has 1 aliphatic heterocycles. The minimum absolute atomic E-state index is 0.157. The van der Waals surface area contributed by atoms with Gasteiger partial charge in [-0.3, -0.25) is 9.69 Å². The van der Waals surface area contributed by atoms with Crippen LogP contribution in [0.5, 0.6) is 0 Å². The van der Waals surface area contributed by atoms with Crippen molar-refractivity contribution in [3.8, 4) is 0 Å². The van der Waals surface area contributed by atoms with Crippen molar-refractivity contribution in [2.45, 2.75) is 25.3 Å². The summed E-state index contributed by atoms with van der Waals surface area (Å²) in [6.07, 6.45) is 2.80. The van der Waals surface area contributed by atoms with Gasteiger partial charge in [-0.2, -0.15) is 0 Å². The van der Waals surface area contributed by atoms with Gasteiger partial charge in [0.25, 0.3) is 0 Å². The normalized spacial score (nSPS) is 19.8. The number of nitrogens with zero attached hydrogens (tertiary/aromatic N) is 2. The highest BCUT2D eigenvalue weighted by atomic mass is 16.5. The van der Waals surface area contributed by atoms with Crippen molar-refractivity contribution in [2.75, 3.05) is 47.4 Å². The van der Waals surface area contributed by atoms with E-state index in [1.54, 1.807) is 26.1 Å². The number of hydrogen-bond donors (Lipinski definition) is 1. The van der Waals surface area contributed by atoms with Gasteiger partial charge in [-0.25, -0.2) is 0 Å². The molecule has 2 N–H and O–H groups in total. The van der Waals surface area contributed by atoms with E-state index in [4.69, 9.17) is 10.5 Å². The third-order valence-electron chi connectivity index (χ3n) is 3.75. The van der Waals surface area contributed by atoms with Crippen LogP contribution in [0.15, 0.2) is 0 Å². The molecular formula is C13H27N3O2. The number of hydrogen-bond acceptors (Lipinski definition) is 4. The van der Waals surface area contributed by atoms with Gasteiger partial charge in [0.2, 0.25) is 5.91 Å². The number of rotatable bonds is 6.